The fraction of sp³-hybridized carbons (Fsp3) is 0.261. The third-order valence-electron chi connectivity index (χ3n) is 4.76. The van der Waals surface area contributed by atoms with Crippen LogP contribution in [-0.4, -0.2) is 33.9 Å². The summed E-state index contributed by atoms with van der Waals surface area (Å²) in [6.45, 7) is 7.41. The van der Waals surface area contributed by atoms with Crippen LogP contribution >= 0.6 is 0 Å². The molecule has 0 spiro atoms. The number of aryl methyl sites for hydroxylation is 2. The maximum Gasteiger partial charge on any atom is 0.253 e. The number of aliphatic imine (C=N–C) groups is 1. The Morgan fingerprint density at radius 3 is 2.41 bits per heavy atom. The van der Waals surface area contributed by atoms with E-state index in [9.17, 15) is 0 Å². The number of rotatable bonds is 6. The maximum atomic E-state index is 6.27. The van der Waals surface area contributed by atoms with Crippen LogP contribution in [0.2, 0.25) is 0 Å². The molecule has 0 unspecified atom stereocenters. The lowest BCUT2D eigenvalue weighted by Crippen LogP contribution is -2.38. The van der Waals surface area contributed by atoms with Gasteiger partial charge in [-0.1, -0.05) is 36.4 Å². The van der Waals surface area contributed by atoms with E-state index in [0.29, 0.717) is 11.9 Å². The minimum Gasteiger partial charge on any atom is -0.399 e. The Morgan fingerprint density at radius 1 is 1.00 bits per heavy atom. The van der Waals surface area contributed by atoms with Crippen molar-refractivity contribution in [1.82, 2.24) is 14.9 Å². The number of nitrogen functional groups attached to an aromatic ring is 1. The number of hydrogen-bond acceptors (Lipinski definition) is 4. The average Bonchev–Trinajstić information content (AvgIpc) is 2.68. The molecule has 150 valence electrons. The highest BCUT2D eigenvalue weighted by molar-refractivity contribution is 5.80. The summed E-state index contributed by atoms with van der Waals surface area (Å²) < 4.78 is 0. The molecule has 0 aliphatic heterocycles. The van der Waals surface area contributed by atoms with Gasteiger partial charge in [-0.25, -0.2) is 9.97 Å². The summed E-state index contributed by atoms with van der Waals surface area (Å²) in [6, 6.07) is 18.3. The number of anilines is 1. The number of likely N-dealkylation sites (N-methyl/N-ethyl adjacent to an activating group) is 1. The van der Waals surface area contributed by atoms with E-state index in [0.717, 1.165) is 42.1 Å². The molecule has 3 aromatic rings. The van der Waals surface area contributed by atoms with Crippen LogP contribution < -0.4 is 11.5 Å². The number of guanidine groups is 1. The van der Waals surface area contributed by atoms with Crippen LogP contribution in [0, 0.1) is 13.8 Å². The Balaban J connectivity index is 1.78. The molecule has 0 aliphatic carbocycles. The molecule has 1 heterocycles. The first-order valence-corrected chi connectivity index (χ1v) is 9.81. The smallest absolute Gasteiger partial charge is 0.253 e. The normalized spacial score (nSPS) is 11.5. The fourth-order valence-electron chi connectivity index (χ4n) is 3.35. The summed E-state index contributed by atoms with van der Waals surface area (Å²) in [5.74, 6) is 0.831. The minimum atomic E-state index is 0.401. The van der Waals surface area contributed by atoms with Crippen LogP contribution in [0.1, 0.15) is 23.9 Å². The minimum absolute atomic E-state index is 0.401. The van der Waals surface area contributed by atoms with Gasteiger partial charge >= 0.3 is 0 Å². The van der Waals surface area contributed by atoms with Crippen LogP contribution in [0.25, 0.3) is 11.1 Å². The third-order valence-corrected chi connectivity index (χ3v) is 4.76. The molecule has 0 atom stereocenters. The van der Waals surface area contributed by atoms with Crippen molar-refractivity contribution in [2.45, 2.75) is 27.2 Å². The van der Waals surface area contributed by atoms with Crippen molar-refractivity contribution >= 4 is 17.6 Å². The molecule has 4 N–H and O–H groups in total. The van der Waals surface area contributed by atoms with E-state index in [1.165, 1.54) is 11.1 Å². The van der Waals surface area contributed by atoms with E-state index >= 15 is 0 Å². The predicted molar refractivity (Wildman–Crippen MR) is 120 cm³/mol. The molecule has 0 saturated heterocycles. The van der Waals surface area contributed by atoms with E-state index in [-0.39, 0.29) is 0 Å². The molecule has 6 heteroatoms. The lowest BCUT2D eigenvalue weighted by molar-refractivity contribution is 0.440. The molecule has 0 amide bonds. The largest absolute Gasteiger partial charge is 0.399 e. The zero-order chi connectivity index (χ0) is 20.8. The molecule has 6 nitrogen and oxygen atoms in total. The highest BCUT2D eigenvalue weighted by atomic mass is 15.3. The van der Waals surface area contributed by atoms with Gasteiger partial charge in [0.25, 0.3) is 5.95 Å². The van der Waals surface area contributed by atoms with E-state index in [1.807, 2.05) is 49.1 Å². The monoisotopic (exact) mass is 388 g/mol. The van der Waals surface area contributed by atoms with Crippen LogP contribution in [-0.2, 0) is 6.42 Å². The van der Waals surface area contributed by atoms with Gasteiger partial charge in [-0.05, 0) is 62.1 Å². The van der Waals surface area contributed by atoms with Crippen LogP contribution in [0.4, 0.5) is 11.6 Å². The second kappa shape index (κ2) is 9.19. The Morgan fingerprint density at radius 2 is 1.72 bits per heavy atom. The van der Waals surface area contributed by atoms with Gasteiger partial charge in [0.05, 0.1) is 0 Å². The first kappa shape index (κ1) is 20.3. The summed E-state index contributed by atoms with van der Waals surface area (Å²) in [4.78, 5) is 15.2. The summed E-state index contributed by atoms with van der Waals surface area (Å²) in [6.07, 6.45) is 0.836. The van der Waals surface area contributed by atoms with Gasteiger partial charge in [-0.15, -0.1) is 0 Å². The van der Waals surface area contributed by atoms with Crippen molar-refractivity contribution in [2.24, 2.45) is 10.7 Å². The second-order valence-corrected chi connectivity index (χ2v) is 7.03. The molecule has 1 aromatic heterocycles. The van der Waals surface area contributed by atoms with Crippen molar-refractivity contribution < 1.29 is 0 Å². The second-order valence-electron chi connectivity index (χ2n) is 7.03. The number of hydrogen-bond donors (Lipinski definition) is 2. The molecule has 0 aliphatic rings. The first-order chi connectivity index (χ1) is 14.0. The predicted octanol–water partition coefficient (Wildman–Crippen LogP) is 3.85. The highest BCUT2D eigenvalue weighted by Crippen LogP contribution is 2.25. The third kappa shape index (κ3) is 5.31. The molecule has 0 radical (unpaired) electrons. The summed E-state index contributed by atoms with van der Waals surface area (Å²) in [5, 5.41) is 0. The highest BCUT2D eigenvalue weighted by Gasteiger charge is 2.10. The van der Waals surface area contributed by atoms with Crippen molar-refractivity contribution in [3.63, 3.8) is 0 Å². The van der Waals surface area contributed by atoms with Gasteiger partial charge in [0.15, 0.2) is 5.96 Å². The zero-order valence-corrected chi connectivity index (χ0v) is 17.3. The molecular weight excluding hydrogens is 360 g/mol. The van der Waals surface area contributed by atoms with Crippen molar-refractivity contribution in [3.8, 4) is 11.1 Å². The number of benzene rings is 2. The Labute approximate surface area is 172 Å². The average molecular weight is 389 g/mol. The van der Waals surface area contributed by atoms with Gasteiger partial charge in [-0.3, -0.25) is 0 Å². The van der Waals surface area contributed by atoms with Gasteiger partial charge in [0, 0.05) is 30.2 Å². The van der Waals surface area contributed by atoms with Crippen LogP contribution in [0.3, 0.4) is 0 Å². The van der Waals surface area contributed by atoms with Crippen molar-refractivity contribution in [3.05, 3.63) is 71.5 Å². The molecule has 0 bridgehead atoms. The quantitative estimate of drug-likeness (QED) is 0.380. The Bertz CT molecular complexity index is 992. The molecule has 29 heavy (non-hydrogen) atoms. The fourth-order valence-corrected chi connectivity index (χ4v) is 3.35. The van der Waals surface area contributed by atoms with Gasteiger partial charge < -0.3 is 16.4 Å². The lowest BCUT2D eigenvalue weighted by atomic mass is 9.97. The van der Waals surface area contributed by atoms with E-state index in [4.69, 9.17) is 11.5 Å². The zero-order valence-electron chi connectivity index (χ0n) is 17.3. The molecule has 3 rings (SSSR count). The molecule has 0 fully saturated rings. The summed E-state index contributed by atoms with van der Waals surface area (Å²) in [5.41, 5.74) is 18.3. The van der Waals surface area contributed by atoms with Crippen molar-refractivity contribution in [1.29, 1.82) is 0 Å². The van der Waals surface area contributed by atoms with E-state index in [1.54, 1.807) is 0 Å². The van der Waals surface area contributed by atoms with Gasteiger partial charge in [-0.2, -0.15) is 4.99 Å². The lowest BCUT2D eigenvalue weighted by Gasteiger charge is -2.22. The maximum absolute atomic E-state index is 6.27. The van der Waals surface area contributed by atoms with Gasteiger partial charge in [0.1, 0.15) is 0 Å². The number of nitrogens with zero attached hydrogens (tertiary/aromatic N) is 4. The standard InChI is InChI=1S/C23H28N6/c1-4-29(22(25)28-23-26-16(2)14-17(3)27-23)13-12-18-8-5-6-11-21(18)19-9-7-10-20(24)15-19/h5-11,14-15H,4,12-13,24H2,1-3H3,(H2,25,26,27,28). The first-order valence-electron chi connectivity index (χ1n) is 9.81. The SMILES string of the molecule is CCN(CCc1ccccc1-c1cccc(N)c1)/C(N)=N\c1nc(C)cc(C)n1. The van der Waals surface area contributed by atoms with Crippen LogP contribution in [0.15, 0.2) is 59.6 Å². The molecule has 0 saturated carbocycles. The Kier molecular flexibility index (Phi) is 6.44. The summed E-state index contributed by atoms with van der Waals surface area (Å²) in [7, 11) is 0. The van der Waals surface area contributed by atoms with E-state index < -0.39 is 0 Å². The summed E-state index contributed by atoms with van der Waals surface area (Å²) >= 11 is 0. The van der Waals surface area contributed by atoms with Gasteiger partial charge in [0.2, 0.25) is 0 Å². The molecular formula is C23H28N6. The Hall–Kier alpha value is -3.41. The van der Waals surface area contributed by atoms with Crippen molar-refractivity contribution in [2.75, 3.05) is 18.8 Å². The molecule has 2 aromatic carbocycles. The number of nitrogens with two attached hydrogens (primary N) is 2. The van der Waals surface area contributed by atoms with Crippen LogP contribution in [0.5, 0.6) is 0 Å². The topological polar surface area (TPSA) is 93.4 Å². The number of aromatic nitrogens is 2. The van der Waals surface area contributed by atoms with E-state index in [2.05, 4.69) is 46.1 Å².